The smallest absolute Gasteiger partial charge is 0.107 e. The zero-order valence-corrected chi connectivity index (χ0v) is 12.5. The van der Waals surface area contributed by atoms with E-state index in [9.17, 15) is 0 Å². The molecule has 3 heteroatoms. The fraction of sp³-hybridized carbons (Fsp3) is 0.438. The highest BCUT2D eigenvalue weighted by molar-refractivity contribution is 7.11. The second-order valence-electron chi connectivity index (χ2n) is 4.85. The number of benzene rings is 1. The van der Waals surface area contributed by atoms with E-state index in [4.69, 9.17) is 0 Å². The number of hydrogen-bond donors (Lipinski definition) is 1. The second kappa shape index (κ2) is 7.41. The molecule has 0 aliphatic rings. The van der Waals surface area contributed by atoms with Crippen LogP contribution in [0.25, 0.3) is 0 Å². The predicted octanol–water partition coefficient (Wildman–Crippen LogP) is 3.99. The van der Waals surface area contributed by atoms with E-state index in [1.807, 2.05) is 17.5 Å². The molecule has 2 rings (SSSR count). The van der Waals surface area contributed by atoms with Gasteiger partial charge in [-0.1, -0.05) is 44.2 Å². The molecule has 0 bridgehead atoms. The molecule has 0 aliphatic heterocycles. The van der Waals surface area contributed by atoms with Gasteiger partial charge in [0, 0.05) is 17.6 Å². The molecule has 0 fully saturated rings. The summed E-state index contributed by atoms with van der Waals surface area (Å²) in [6.45, 7) is 6.39. The minimum atomic E-state index is 0.608. The van der Waals surface area contributed by atoms with Gasteiger partial charge in [0.2, 0.25) is 0 Å². The molecule has 1 N–H and O–H groups in total. The van der Waals surface area contributed by atoms with Crippen molar-refractivity contribution >= 4 is 11.3 Å². The Labute approximate surface area is 119 Å². The van der Waals surface area contributed by atoms with Crippen molar-refractivity contribution in [2.24, 2.45) is 0 Å². The van der Waals surface area contributed by atoms with Gasteiger partial charge in [0.05, 0.1) is 0 Å². The van der Waals surface area contributed by atoms with Crippen molar-refractivity contribution in [1.82, 2.24) is 10.3 Å². The van der Waals surface area contributed by atoms with Gasteiger partial charge in [-0.15, -0.1) is 11.3 Å². The Kier molecular flexibility index (Phi) is 5.55. The van der Waals surface area contributed by atoms with E-state index in [1.165, 1.54) is 15.4 Å². The Morgan fingerprint density at radius 3 is 2.74 bits per heavy atom. The van der Waals surface area contributed by atoms with Crippen molar-refractivity contribution in [2.75, 3.05) is 6.54 Å². The van der Waals surface area contributed by atoms with Crippen molar-refractivity contribution in [2.45, 2.75) is 39.2 Å². The first-order valence-corrected chi connectivity index (χ1v) is 7.80. The molecule has 2 nitrogen and oxygen atoms in total. The molecule has 19 heavy (non-hydrogen) atoms. The Morgan fingerprint density at radius 2 is 2.05 bits per heavy atom. The normalized spacial score (nSPS) is 12.5. The highest BCUT2D eigenvalue weighted by Gasteiger charge is 2.05. The largest absolute Gasteiger partial charge is 0.310 e. The summed E-state index contributed by atoms with van der Waals surface area (Å²) in [5.41, 5.74) is 1.42. The average molecular weight is 274 g/mol. The standard InChI is InChI=1S/C16H22N2S/c1-3-15-11-18-16(19-15)12-17-10-9-13(2)14-7-5-4-6-8-14/h4-8,11,13,17H,3,9-10,12H2,1-2H3. The third-order valence-electron chi connectivity index (χ3n) is 3.35. The van der Waals surface area contributed by atoms with Crippen LogP contribution in [0.4, 0.5) is 0 Å². The van der Waals surface area contributed by atoms with Crippen LogP contribution in [-0.4, -0.2) is 11.5 Å². The fourth-order valence-corrected chi connectivity index (χ4v) is 2.89. The topological polar surface area (TPSA) is 24.9 Å². The Hall–Kier alpha value is -1.19. The Bertz CT molecular complexity index is 479. The van der Waals surface area contributed by atoms with Crippen LogP contribution < -0.4 is 5.32 Å². The first-order chi connectivity index (χ1) is 9.29. The summed E-state index contributed by atoms with van der Waals surface area (Å²) in [6.07, 6.45) is 4.24. The van der Waals surface area contributed by atoms with Crippen LogP contribution in [0.2, 0.25) is 0 Å². The van der Waals surface area contributed by atoms with Crippen LogP contribution in [0.1, 0.15) is 41.6 Å². The molecule has 0 radical (unpaired) electrons. The Morgan fingerprint density at radius 1 is 1.26 bits per heavy atom. The van der Waals surface area contributed by atoms with E-state index in [1.54, 1.807) is 0 Å². The molecule has 1 aromatic heterocycles. The van der Waals surface area contributed by atoms with Gasteiger partial charge in [0.15, 0.2) is 0 Å². The lowest BCUT2D eigenvalue weighted by atomic mass is 9.98. The number of hydrogen-bond acceptors (Lipinski definition) is 3. The maximum absolute atomic E-state index is 4.42. The molecule has 1 heterocycles. The van der Waals surface area contributed by atoms with Gasteiger partial charge in [0.1, 0.15) is 5.01 Å². The van der Waals surface area contributed by atoms with Crippen molar-refractivity contribution in [3.63, 3.8) is 0 Å². The summed E-state index contributed by atoms with van der Waals surface area (Å²) in [5.74, 6) is 0.608. The fourth-order valence-electron chi connectivity index (χ4n) is 2.06. The highest BCUT2D eigenvalue weighted by atomic mass is 32.1. The lowest BCUT2D eigenvalue weighted by molar-refractivity contribution is 0.593. The molecule has 0 saturated heterocycles. The molecule has 0 saturated carbocycles. The van der Waals surface area contributed by atoms with Crippen molar-refractivity contribution in [3.8, 4) is 0 Å². The molecule has 0 spiro atoms. The van der Waals surface area contributed by atoms with Crippen LogP contribution in [0.15, 0.2) is 36.5 Å². The van der Waals surface area contributed by atoms with Gasteiger partial charge in [-0.2, -0.15) is 0 Å². The van der Waals surface area contributed by atoms with E-state index in [0.717, 1.165) is 25.9 Å². The molecule has 1 atom stereocenters. The zero-order chi connectivity index (χ0) is 13.5. The number of nitrogens with zero attached hydrogens (tertiary/aromatic N) is 1. The molecular weight excluding hydrogens is 252 g/mol. The maximum atomic E-state index is 4.42. The number of aromatic nitrogens is 1. The first-order valence-electron chi connectivity index (χ1n) is 6.99. The van der Waals surface area contributed by atoms with Gasteiger partial charge in [0.25, 0.3) is 0 Å². The molecule has 2 aromatic rings. The zero-order valence-electron chi connectivity index (χ0n) is 11.7. The summed E-state index contributed by atoms with van der Waals surface area (Å²) in [4.78, 5) is 5.79. The SMILES string of the molecule is CCc1cnc(CNCCC(C)c2ccccc2)s1. The summed E-state index contributed by atoms with van der Waals surface area (Å²) < 4.78 is 0. The van der Waals surface area contributed by atoms with E-state index < -0.39 is 0 Å². The summed E-state index contributed by atoms with van der Waals surface area (Å²) in [7, 11) is 0. The molecule has 0 aliphatic carbocycles. The van der Waals surface area contributed by atoms with E-state index in [0.29, 0.717) is 5.92 Å². The van der Waals surface area contributed by atoms with E-state index in [2.05, 4.69) is 54.5 Å². The molecule has 1 aromatic carbocycles. The minimum Gasteiger partial charge on any atom is -0.310 e. The predicted molar refractivity (Wildman–Crippen MR) is 82.7 cm³/mol. The molecule has 1 unspecified atom stereocenters. The maximum Gasteiger partial charge on any atom is 0.107 e. The van der Waals surface area contributed by atoms with Crippen LogP contribution in [-0.2, 0) is 13.0 Å². The quantitative estimate of drug-likeness (QED) is 0.772. The number of nitrogens with one attached hydrogen (secondary N) is 1. The van der Waals surface area contributed by atoms with Crippen molar-refractivity contribution in [3.05, 3.63) is 52.0 Å². The highest BCUT2D eigenvalue weighted by Crippen LogP contribution is 2.18. The van der Waals surface area contributed by atoms with E-state index >= 15 is 0 Å². The third kappa shape index (κ3) is 4.44. The van der Waals surface area contributed by atoms with Crippen LogP contribution in [0.5, 0.6) is 0 Å². The third-order valence-corrected chi connectivity index (χ3v) is 4.49. The molecule has 0 amide bonds. The van der Waals surface area contributed by atoms with Gasteiger partial charge < -0.3 is 5.32 Å². The number of thiazole rings is 1. The molecular formula is C16H22N2S. The van der Waals surface area contributed by atoms with Crippen LogP contribution >= 0.6 is 11.3 Å². The minimum absolute atomic E-state index is 0.608. The van der Waals surface area contributed by atoms with Gasteiger partial charge in [-0.05, 0) is 30.9 Å². The van der Waals surface area contributed by atoms with Crippen molar-refractivity contribution in [1.29, 1.82) is 0 Å². The average Bonchev–Trinajstić information content (AvgIpc) is 2.92. The lowest BCUT2D eigenvalue weighted by Gasteiger charge is -2.11. The Balaban J connectivity index is 1.69. The monoisotopic (exact) mass is 274 g/mol. The van der Waals surface area contributed by atoms with E-state index in [-0.39, 0.29) is 0 Å². The van der Waals surface area contributed by atoms with Gasteiger partial charge in [-0.25, -0.2) is 4.98 Å². The van der Waals surface area contributed by atoms with Gasteiger partial charge >= 0.3 is 0 Å². The first kappa shape index (κ1) is 14.2. The number of rotatable bonds is 7. The lowest BCUT2D eigenvalue weighted by Crippen LogP contribution is -2.16. The van der Waals surface area contributed by atoms with Crippen LogP contribution in [0.3, 0.4) is 0 Å². The summed E-state index contributed by atoms with van der Waals surface area (Å²) in [5, 5.41) is 4.69. The van der Waals surface area contributed by atoms with Crippen molar-refractivity contribution < 1.29 is 0 Å². The summed E-state index contributed by atoms with van der Waals surface area (Å²) in [6, 6.07) is 10.7. The number of aryl methyl sites for hydroxylation is 1. The van der Waals surface area contributed by atoms with Crippen LogP contribution in [0, 0.1) is 0 Å². The second-order valence-corrected chi connectivity index (χ2v) is 6.05. The molecule has 102 valence electrons. The summed E-state index contributed by atoms with van der Waals surface area (Å²) >= 11 is 1.81. The van der Waals surface area contributed by atoms with Gasteiger partial charge in [-0.3, -0.25) is 0 Å².